The normalized spacial score (nSPS) is 29.8. The SMILES string of the molecule is COCOC(C)(C)/C=C/[C@@H](c1ccccc1)[C@@H](C)[C@H]1CC[C@H]2C(=O)CCC[C@]12C. The molecule has 0 saturated heterocycles. The molecule has 3 rings (SSSR count). The van der Waals surface area contributed by atoms with E-state index in [0.29, 0.717) is 23.5 Å². The third-order valence-corrected chi connectivity index (χ3v) is 7.58. The van der Waals surface area contributed by atoms with Gasteiger partial charge in [0.15, 0.2) is 0 Å². The third kappa shape index (κ3) is 4.83. The fourth-order valence-corrected chi connectivity index (χ4v) is 5.94. The molecule has 0 aromatic heterocycles. The minimum Gasteiger partial charge on any atom is -0.359 e. The number of methoxy groups -OCH3 is 1. The minimum atomic E-state index is -0.383. The zero-order valence-electron chi connectivity index (χ0n) is 18.8. The summed E-state index contributed by atoms with van der Waals surface area (Å²) >= 11 is 0. The summed E-state index contributed by atoms with van der Waals surface area (Å²) in [5.74, 6) is 2.11. The largest absolute Gasteiger partial charge is 0.359 e. The summed E-state index contributed by atoms with van der Waals surface area (Å²) in [6, 6.07) is 10.8. The number of ether oxygens (including phenoxy) is 2. The highest BCUT2D eigenvalue weighted by atomic mass is 16.7. The molecule has 1 aromatic carbocycles. The summed E-state index contributed by atoms with van der Waals surface area (Å²) in [5, 5.41) is 0. The predicted molar refractivity (Wildman–Crippen MR) is 118 cm³/mol. The number of ketones is 1. The van der Waals surface area contributed by atoms with Crippen molar-refractivity contribution in [3.8, 4) is 0 Å². The van der Waals surface area contributed by atoms with Crippen LogP contribution in [0, 0.1) is 23.2 Å². The summed E-state index contributed by atoms with van der Waals surface area (Å²) in [4.78, 5) is 12.6. The van der Waals surface area contributed by atoms with Crippen molar-refractivity contribution in [1.29, 1.82) is 0 Å². The molecule has 3 nitrogen and oxygen atoms in total. The van der Waals surface area contributed by atoms with Gasteiger partial charge in [-0.25, -0.2) is 0 Å². The number of hydrogen-bond acceptors (Lipinski definition) is 3. The van der Waals surface area contributed by atoms with Crippen LogP contribution in [0.5, 0.6) is 0 Å². The summed E-state index contributed by atoms with van der Waals surface area (Å²) in [6.45, 7) is 9.21. The maximum Gasteiger partial charge on any atom is 0.147 e. The Balaban J connectivity index is 1.87. The lowest BCUT2D eigenvalue weighted by molar-refractivity contribution is -0.130. The van der Waals surface area contributed by atoms with Crippen molar-refractivity contribution in [1.82, 2.24) is 0 Å². The first kappa shape index (κ1) is 22.2. The van der Waals surface area contributed by atoms with Gasteiger partial charge in [-0.15, -0.1) is 0 Å². The van der Waals surface area contributed by atoms with Crippen molar-refractivity contribution in [3.05, 3.63) is 48.0 Å². The van der Waals surface area contributed by atoms with Gasteiger partial charge in [0.1, 0.15) is 12.6 Å². The molecule has 0 aliphatic heterocycles. The highest BCUT2D eigenvalue weighted by Gasteiger charge is 2.53. The van der Waals surface area contributed by atoms with E-state index in [9.17, 15) is 4.79 Å². The van der Waals surface area contributed by atoms with Crippen LogP contribution < -0.4 is 0 Å². The minimum absolute atomic E-state index is 0.150. The molecule has 0 N–H and O–H groups in total. The first-order valence-corrected chi connectivity index (χ1v) is 11.2. The highest BCUT2D eigenvalue weighted by molar-refractivity contribution is 5.83. The molecule has 0 amide bonds. The quantitative estimate of drug-likeness (QED) is 0.389. The van der Waals surface area contributed by atoms with Crippen LogP contribution in [0.25, 0.3) is 0 Å². The molecule has 2 saturated carbocycles. The zero-order chi connectivity index (χ0) is 21.1. The molecular formula is C26H38O3. The number of rotatable bonds is 8. The van der Waals surface area contributed by atoms with Crippen molar-refractivity contribution in [2.75, 3.05) is 13.9 Å². The number of carbonyl (C=O) groups is 1. The van der Waals surface area contributed by atoms with Crippen LogP contribution in [0.15, 0.2) is 42.5 Å². The molecule has 5 atom stereocenters. The third-order valence-electron chi connectivity index (χ3n) is 7.58. The van der Waals surface area contributed by atoms with Gasteiger partial charge in [-0.3, -0.25) is 4.79 Å². The topological polar surface area (TPSA) is 35.5 Å². The lowest BCUT2D eigenvalue weighted by Crippen LogP contribution is -2.40. The molecule has 0 radical (unpaired) electrons. The van der Waals surface area contributed by atoms with E-state index in [2.05, 4.69) is 70.2 Å². The first-order chi connectivity index (χ1) is 13.8. The molecule has 2 aliphatic carbocycles. The van der Waals surface area contributed by atoms with Gasteiger partial charge in [-0.05, 0) is 62.3 Å². The van der Waals surface area contributed by atoms with Crippen LogP contribution in [0.1, 0.15) is 71.3 Å². The van der Waals surface area contributed by atoms with Gasteiger partial charge in [0, 0.05) is 25.4 Å². The fourth-order valence-electron chi connectivity index (χ4n) is 5.94. The van der Waals surface area contributed by atoms with Crippen molar-refractivity contribution in [3.63, 3.8) is 0 Å². The molecular weight excluding hydrogens is 360 g/mol. The molecule has 160 valence electrons. The standard InChI is InChI=1S/C26H38O3/c1-19(22-13-14-23-24(27)12-9-16-26(22,23)4)21(20-10-7-6-8-11-20)15-17-25(2,3)29-18-28-5/h6-8,10-11,15,17,19,21-23H,9,12-14,16,18H2,1-5H3/b17-15+/t19-,21-,22-,23+,26-/m1/s1. The van der Waals surface area contributed by atoms with Crippen LogP contribution >= 0.6 is 0 Å². The Labute approximate surface area is 176 Å². The highest BCUT2D eigenvalue weighted by Crippen LogP contribution is 2.58. The summed E-state index contributed by atoms with van der Waals surface area (Å²) in [6.07, 6.45) is 9.77. The maximum absolute atomic E-state index is 12.6. The second kappa shape index (κ2) is 9.14. The van der Waals surface area contributed by atoms with E-state index in [4.69, 9.17) is 9.47 Å². The second-order valence-corrected chi connectivity index (χ2v) is 9.87. The number of benzene rings is 1. The molecule has 29 heavy (non-hydrogen) atoms. The smallest absolute Gasteiger partial charge is 0.147 e. The zero-order valence-corrected chi connectivity index (χ0v) is 18.8. The van der Waals surface area contributed by atoms with Gasteiger partial charge < -0.3 is 9.47 Å². The summed E-state index contributed by atoms with van der Waals surface area (Å²) < 4.78 is 10.9. The fraction of sp³-hybridized carbons (Fsp3) is 0.654. The average molecular weight is 399 g/mol. The van der Waals surface area contributed by atoms with E-state index in [-0.39, 0.29) is 23.7 Å². The monoisotopic (exact) mass is 398 g/mol. The van der Waals surface area contributed by atoms with Gasteiger partial charge in [0.2, 0.25) is 0 Å². The average Bonchev–Trinajstić information content (AvgIpc) is 3.05. The molecule has 0 heterocycles. The van der Waals surface area contributed by atoms with E-state index >= 15 is 0 Å². The van der Waals surface area contributed by atoms with Gasteiger partial charge >= 0.3 is 0 Å². The Morgan fingerprint density at radius 1 is 1.24 bits per heavy atom. The molecule has 0 bridgehead atoms. The molecule has 3 heteroatoms. The number of Topliss-reactive ketones (excluding diaryl/α,β-unsaturated/α-hetero) is 1. The van der Waals surface area contributed by atoms with E-state index in [0.717, 1.165) is 25.7 Å². The van der Waals surface area contributed by atoms with Crippen LogP contribution in [0.3, 0.4) is 0 Å². The summed E-state index contributed by atoms with van der Waals surface area (Å²) in [5.41, 5.74) is 1.11. The second-order valence-electron chi connectivity index (χ2n) is 9.87. The first-order valence-electron chi connectivity index (χ1n) is 11.2. The Kier molecular flexibility index (Phi) is 7.01. The Morgan fingerprint density at radius 3 is 2.66 bits per heavy atom. The van der Waals surface area contributed by atoms with Gasteiger partial charge in [0.25, 0.3) is 0 Å². The van der Waals surface area contributed by atoms with Crippen LogP contribution in [0.2, 0.25) is 0 Å². The number of hydrogen-bond donors (Lipinski definition) is 0. The van der Waals surface area contributed by atoms with E-state index in [1.54, 1.807) is 7.11 Å². The Bertz CT molecular complexity index is 708. The van der Waals surface area contributed by atoms with E-state index in [1.165, 1.54) is 12.0 Å². The van der Waals surface area contributed by atoms with E-state index in [1.807, 2.05) is 0 Å². The number of fused-ring (bicyclic) bond motifs is 1. The lowest BCUT2D eigenvalue weighted by Gasteiger charge is -2.44. The molecule has 2 aliphatic rings. The van der Waals surface area contributed by atoms with Crippen LogP contribution in [-0.4, -0.2) is 25.3 Å². The van der Waals surface area contributed by atoms with Crippen molar-refractivity contribution in [2.24, 2.45) is 23.2 Å². The maximum atomic E-state index is 12.6. The Hall–Kier alpha value is -1.45. The van der Waals surface area contributed by atoms with E-state index < -0.39 is 0 Å². The molecule has 1 aromatic rings. The molecule has 0 spiro atoms. The lowest BCUT2D eigenvalue weighted by atomic mass is 9.60. The van der Waals surface area contributed by atoms with Gasteiger partial charge in [-0.1, -0.05) is 56.3 Å². The van der Waals surface area contributed by atoms with Gasteiger partial charge in [-0.2, -0.15) is 0 Å². The van der Waals surface area contributed by atoms with Gasteiger partial charge in [0.05, 0.1) is 5.60 Å². The van der Waals surface area contributed by atoms with Crippen LogP contribution in [0.4, 0.5) is 0 Å². The number of allylic oxidation sites excluding steroid dienone is 1. The molecule has 0 unspecified atom stereocenters. The molecule has 2 fully saturated rings. The van der Waals surface area contributed by atoms with Crippen LogP contribution in [-0.2, 0) is 14.3 Å². The van der Waals surface area contributed by atoms with Crippen molar-refractivity contribution in [2.45, 2.75) is 71.3 Å². The van der Waals surface area contributed by atoms with Crippen molar-refractivity contribution >= 4 is 5.78 Å². The predicted octanol–water partition coefficient (Wildman–Crippen LogP) is 6.15. The Morgan fingerprint density at radius 2 is 1.97 bits per heavy atom. The van der Waals surface area contributed by atoms with Crippen molar-refractivity contribution < 1.29 is 14.3 Å². The number of carbonyl (C=O) groups excluding carboxylic acids is 1. The summed E-state index contributed by atoms with van der Waals surface area (Å²) in [7, 11) is 1.65.